The molecule has 218 valence electrons. The molecule has 14 heteroatoms. The number of nitriles is 1. The van der Waals surface area contributed by atoms with Crippen LogP contribution in [0.15, 0.2) is 73.2 Å². The van der Waals surface area contributed by atoms with E-state index in [1.54, 1.807) is 18.5 Å². The Kier molecular flexibility index (Phi) is 7.89. The highest BCUT2D eigenvalue weighted by Crippen LogP contribution is 2.31. The lowest BCUT2D eigenvalue weighted by molar-refractivity contribution is -0.384. The van der Waals surface area contributed by atoms with Crippen LogP contribution in [0, 0.1) is 28.4 Å². The van der Waals surface area contributed by atoms with Crippen molar-refractivity contribution in [3.63, 3.8) is 0 Å². The Balaban J connectivity index is 1.37. The third-order valence-corrected chi connectivity index (χ3v) is 6.63. The minimum Gasteiger partial charge on any atom is -0.452 e. The standard InChI is InChI=1S/C29H22F3N7O4/c1-18-2-3-21(15-34-18)27-22(14-33)13-24-12-19(9-11-38(24)27)16-37-17-25(35-36-37)26(8-10-29(30,31)32)43-28(40)20-4-6-23(7-5-20)39(41)42/h2-7,9,11-13,15,17,26H,8,10,16H2,1H3. The molecule has 1 unspecified atom stereocenters. The van der Waals surface area contributed by atoms with Crippen LogP contribution in [0.5, 0.6) is 0 Å². The van der Waals surface area contributed by atoms with Crippen molar-refractivity contribution in [3.8, 4) is 17.3 Å². The first-order valence-corrected chi connectivity index (χ1v) is 12.9. The molecule has 0 saturated carbocycles. The van der Waals surface area contributed by atoms with Crippen molar-refractivity contribution in [1.29, 1.82) is 5.26 Å². The summed E-state index contributed by atoms with van der Waals surface area (Å²) in [4.78, 5) is 27.2. The van der Waals surface area contributed by atoms with Crippen LogP contribution in [-0.2, 0) is 11.3 Å². The Labute approximate surface area is 241 Å². The molecule has 0 saturated heterocycles. The maximum Gasteiger partial charge on any atom is 0.389 e. The number of hydrogen-bond donors (Lipinski definition) is 0. The van der Waals surface area contributed by atoms with Gasteiger partial charge in [0.05, 0.1) is 34.5 Å². The number of carbonyl (C=O) groups is 1. The number of alkyl halides is 3. The Morgan fingerprint density at radius 2 is 1.93 bits per heavy atom. The second kappa shape index (κ2) is 11.7. The summed E-state index contributed by atoms with van der Waals surface area (Å²) in [6.45, 7) is 2.06. The number of fused-ring (bicyclic) bond motifs is 1. The van der Waals surface area contributed by atoms with E-state index in [1.807, 2.05) is 35.6 Å². The number of nitro benzene ring substituents is 1. The largest absolute Gasteiger partial charge is 0.452 e. The van der Waals surface area contributed by atoms with E-state index in [2.05, 4.69) is 21.4 Å². The van der Waals surface area contributed by atoms with Crippen molar-refractivity contribution in [2.45, 2.75) is 38.6 Å². The molecule has 0 aliphatic carbocycles. The number of carbonyl (C=O) groups excluding carboxylic acids is 1. The summed E-state index contributed by atoms with van der Waals surface area (Å²) in [5, 5.41) is 28.6. The molecule has 0 aliphatic heterocycles. The van der Waals surface area contributed by atoms with Crippen LogP contribution in [0.25, 0.3) is 16.8 Å². The molecule has 0 aliphatic rings. The molecule has 0 N–H and O–H groups in total. The van der Waals surface area contributed by atoms with Gasteiger partial charge >= 0.3 is 12.1 Å². The van der Waals surface area contributed by atoms with Crippen LogP contribution in [0.2, 0.25) is 0 Å². The van der Waals surface area contributed by atoms with E-state index >= 15 is 0 Å². The molecule has 4 aromatic heterocycles. The molecule has 5 aromatic rings. The zero-order valence-corrected chi connectivity index (χ0v) is 22.5. The quantitative estimate of drug-likeness (QED) is 0.116. The number of aromatic nitrogens is 5. The number of hydrogen-bond acceptors (Lipinski definition) is 8. The second-order valence-electron chi connectivity index (χ2n) is 9.73. The van der Waals surface area contributed by atoms with Gasteiger partial charge in [0.15, 0.2) is 0 Å². The van der Waals surface area contributed by atoms with Crippen LogP contribution >= 0.6 is 0 Å². The van der Waals surface area contributed by atoms with Gasteiger partial charge in [-0.15, -0.1) is 5.10 Å². The predicted octanol–water partition coefficient (Wildman–Crippen LogP) is 5.97. The Hall–Kier alpha value is -5.58. The summed E-state index contributed by atoms with van der Waals surface area (Å²) in [5.74, 6) is -0.955. The van der Waals surface area contributed by atoms with Gasteiger partial charge in [-0.1, -0.05) is 5.21 Å². The predicted molar refractivity (Wildman–Crippen MR) is 146 cm³/mol. The Bertz CT molecular complexity index is 1840. The highest BCUT2D eigenvalue weighted by molar-refractivity contribution is 5.89. The second-order valence-corrected chi connectivity index (χ2v) is 9.73. The third kappa shape index (κ3) is 6.67. The van der Waals surface area contributed by atoms with Crippen LogP contribution in [0.4, 0.5) is 18.9 Å². The van der Waals surface area contributed by atoms with Gasteiger partial charge < -0.3 is 9.14 Å². The van der Waals surface area contributed by atoms with E-state index in [-0.39, 0.29) is 23.5 Å². The number of rotatable bonds is 9. The van der Waals surface area contributed by atoms with Crippen LogP contribution in [-0.4, -0.2) is 41.4 Å². The molecule has 4 heterocycles. The van der Waals surface area contributed by atoms with Crippen molar-refractivity contribution in [2.75, 3.05) is 0 Å². The van der Waals surface area contributed by atoms with Crippen LogP contribution < -0.4 is 0 Å². The molecule has 0 bridgehead atoms. The minimum absolute atomic E-state index is 0.0178. The number of esters is 1. The molecule has 11 nitrogen and oxygen atoms in total. The molecule has 0 radical (unpaired) electrons. The van der Waals surface area contributed by atoms with Gasteiger partial charge in [-0.05, 0) is 61.4 Å². The summed E-state index contributed by atoms with van der Waals surface area (Å²) >= 11 is 0. The summed E-state index contributed by atoms with van der Waals surface area (Å²) in [5.41, 5.74) is 4.01. The fourth-order valence-corrected chi connectivity index (χ4v) is 4.51. The first-order valence-electron chi connectivity index (χ1n) is 12.9. The van der Waals surface area contributed by atoms with Gasteiger partial charge in [-0.3, -0.25) is 15.1 Å². The topological polar surface area (TPSA) is 141 Å². The van der Waals surface area contributed by atoms with Crippen molar-refractivity contribution >= 4 is 17.2 Å². The monoisotopic (exact) mass is 589 g/mol. The number of pyridine rings is 2. The van der Waals surface area contributed by atoms with E-state index in [0.717, 1.165) is 46.6 Å². The van der Waals surface area contributed by atoms with E-state index in [9.17, 15) is 33.3 Å². The normalized spacial score (nSPS) is 12.2. The molecule has 0 spiro atoms. The molecule has 0 amide bonds. The van der Waals surface area contributed by atoms with Crippen molar-refractivity contribution in [3.05, 3.63) is 111 Å². The Morgan fingerprint density at radius 1 is 1.16 bits per heavy atom. The highest BCUT2D eigenvalue weighted by atomic mass is 19.4. The molecule has 5 rings (SSSR count). The molecule has 0 fully saturated rings. The van der Waals surface area contributed by atoms with Gasteiger partial charge in [-0.2, -0.15) is 18.4 Å². The lowest BCUT2D eigenvalue weighted by Crippen LogP contribution is -2.16. The smallest absolute Gasteiger partial charge is 0.389 e. The summed E-state index contributed by atoms with van der Waals surface area (Å²) in [6.07, 6.45) is -2.79. The lowest BCUT2D eigenvalue weighted by atomic mass is 10.1. The van der Waals surface area contributed by atoms with Crippen molar-refractivity contribution in [1.82, 2.24) is 24.4 Å². The first-order chi connectivity index (χ1) is 20.5. The number of aryl methyl sites for hydroxylation is 1. The van der Waals surface area contributed by atoms with E-state index in [4.69, 9.17) is 4.74 Å². The van der Waals surface area contributed by atoms with Gasteiger partial charge in [0.2, 0.25) is 0 Å². The van der Waals surface area contributed by atoms with E-state index in [0.29, 0.717) is 11.3 Å². The number of nitrogens with zero attached hydrogens (tertiary/aromatic N) is 7. The summed E-state index contributed by atoms with van der Waals surface area (Å²) in [7, 11) is 0. The van der Waals surface area contributed by atoms with E-state index in [1.165, 1.54) is 10.9 Å². The van der Waals surface area contributed by atoms with Crippen molar-refractivity contribution in [2.24, 2.45) is 0 Å². The first kappa shape index (κ1) is 28.9. The number of non-ortho nitro benzene ring substituents is 1. The van der Waals surface area contributed by atoms with E-state index < -0.39 is 36.0 Å². The van der Waals surface area contributed by atoms with Gasteiger partial charge in [-0.25, -0.2) is 9.48 Å². The molecular formula is C29H22F3N7O4. The van der Waals surface area contributed by atoms with Gasteiger partial charge in [0.25, 0.3) is 5.69 Å². The number of ether oxygens (including phenoxy) is 1. The maximum atomic E-state index is 13.0. The van der Waals surface area contributed by atoms with Crippen LogP contribution in [0.1, 0.15) is 51.8 Å². The molecule has 1 atom stereocenters. The average molecular weight is 590 g/mol. The zero-order valence-electron chi connectivity index (χ0n) is 22.5. The molecule has 1 aromatic carbocycles. The van der Waals surface area contributed by atoms with Crippen LogP contribution in [0.3, 0.4) is 0 Å². The molecular weight excluding hydrogens is 567 g/mol. The maximum absolute atomic E-state index is 13.0. The minimum atomic E-state index is -4.50. The number of benzene rings is 1. The fraction of sp³-hybridized carbons (Fsp3) is 0.207. The number of nitro groups is 1. The lowest BCUT2D eigenvalue weighted by Gasteiger charge is -2.16. The average Bonchev–Trinajstić information content (AvgIpc) is 3.59. The van der Waals surface area contributed by atoms with Gasteiger partial charge in [0.1, 0.15) is 17.9 Å². The Morgan fingerprint density at radius 3 is 2.58 bits per heavy atom. The fourth-order valence-electron chi connectivity index (χ4n) is 4.51. The van der Waals surface area contributed by atoms with Crippen molar-refractivity contribution < 1.29 is 27.6 Å². The summed E-state index contributed by atoms with van der Waals surface area (Å²) < 4.78 is 47.8. The summed E-state index contributed by atoms with van der Waals surface area (Å²) in [6, 6.07) is 15.9. The zero-order chi connectivity index (χ0) is 30.7. The molecule has 43 heavy (non-hydrogen) atoms. The highest BCUT2D eigenvalue weighted by Gasteiger charge is 2.31. The number of halogens is 3. The SMILES string of the molecule is Cc1ccc(-c2c(C#N)cc3cc(Cn4cc(C(CCC(F)(F)F)OC(=O)c5ccc([N+](=O)[O-])cc5)nn4)ccn23)cn1. The van der Waals surface area contributed by atoms with Gasteiger partial charge in [0, 0.05) is 47.7 Å². The third-order valence-electron chi connectivity index (χ3n) is 6.63.